The lowest BCUT2D eigenvalue weighted by Gasteiger charge is -2.29. The molecule has 11 rings (SSSR count). The highest BCUT2D eigenvalue weighted by Gasteiger charge is 2.37. The first-order valence-corrected chi connectivity index (χ1v) is 21.3. The molecule has 3 N–H and O–H groups in total. The summed E-state index contributed by atoms with van der Waals surface area (Å²) in [5.74, 6) is 0.903. The monoisotopic (exact) mass is 774 g/mol. The van der Waals surface area contributed by atoms with Gasteiger partial charge in [-0.3, -0.25) is 5.32 Å². The van der Waals surface area contributed by atoms with Gasteiger partial charge < -0.3 is 5.32 Å². The molecule has 2 aliphatic carbocycles. The van der Waals surface area contributed by atoms with Crippen LogP contribution in [0.15, 0.2) is 193 Å². The molecule has 0 bridgehead atoms. The Morgan fingerprint density at radius 2 is 0.833 bits per heavy atom. The zero-order valence-corrected chi connectivity index (χ0v) is 34.6. The maximum absolute atomic E-state index is 5.50. The van der Waals surface area contributed by atoms with E-state index in [4.69, 9.17) is 4.99 Å². The fourth-order valence-electron chi connectivity index (χ4n) is 10.2. The van der Waals surface area contributed by atoms with E-state index >= 15 is 0 Å². The van der Waals surface area contributed by atoms with Crippen molar-refractivity contribution in [2.24, 2.45) is 4.99 Å². The van der Waals surface area contributed by atoms with E-state index in [1.165, 1.54) is 89.0 Å². The van der Waals surface area contributed by atoms with E-state index in [0.717, 1.165) is 11.4 Å². The first-order valence-electron chi connectivity index (χ1n) is 21.3. The molecule has 0 fully saturated rings. The van der Waals surface area contributed by atoms with Crippen molar-refractivity contribution in [1.82, 2.24) is 5.32 Å². The molecule has 8 aromatic carbocycles. The van der Waals surface area contributed by atoms with E-state index < -0.39 is 0 Å². The summed E-state index contributed by atoms with van der Waals surface area (Å²) < 4.78 is 0. The molecule has 0 aromatic heterocycles. The Hall–Kier alpha value is -6.81. The van der Waals surface area contributed by atoms with E-state index in [1.807, 2.05) is 0 Å². The van der Waals surface area contributed by atoms with E-state index in [1.54, 1.807) is 0 Å². The van der Waals surface area contributed by atoms with Crippen LogP contribution in [-0.4, -0.2) is 5.84 Å². The Bertz CT molecular complexity index is 2850. The Morgan fingerprint density at radius 3 is 1.38 bits per heavy atom. The molecule has 60 heavy (non-hydrogen) atoms. The van der Waals surface area contributed by atoms with Crippen LogP contribution in [0.5, 0.6) is 0 Å². The van der Waals surface area contributed by atoms with Crippen LogP contribution in [-0.2, 0) is 10.8 Å². The van der Waals surface area contributed by atoms with Gasteiger partial charge in [-0.05, 0) is 108 Å². The average Bonchev–Trinajstić information content (AvgIpc) is 3.68. The van der Waals surface area contributed by atoms with Crippen molar-refractivity contribution in [3.8, 4) is 55.6 Å². The van der Waals surface area contributed by atoms with Crippen LogP contribution in [0.4, 0.5) is 0 Å². The Kier molecular flexibility index (Phi) is 8.41. The smallest absolute Gasteiger partial charge is 0.209 e. The van der Waals surface area contributed by atoms with Crippen LogP contribution in [0.3, 0.4) is 0 Å². The third-order valence-electron chi connectivity index (χ3n) is 13.5. The minimum atomic E-state index is -0.192. The van der Waals surface area contributed by atoms with Gasteiger partial charge in [0.2, 0.25) is 6.17 Å². The molecule has 3 heteroatoms. The van der Waals surface area contributed by atoms with Gasteiger partial charge in [0.05, 0.1) is 0 Å². The van der Waals surface area contributed by atoms with Crippen LogP contribution >= 0.6 is 0 Å². The van der Waals surface area contributed by atoms with Crippen LogP contribution < -0.4 is 10.6 Å². The lowest BCUT2D eigenvalue weighted by atomic mass is 9.82. The minimum Gasteiger partial charge on any atom is -0.317 e. The fourth-order valence-corrected chi connectivity index (χ4v) is 10.2. The van der Waals surface area contributed by atoms with Crippen molar-refractivity contribution in [3.05, 3.63) is 227 Å². The largest absolute Gasteiger partial charge is 0.317 e. The van der Waals surface area contributed by atoms with Gasteiger partial charge in [0.25, 0.3) is 0 Å². The highest BCUT2D eigenvalue weighted by Crippen LogP contribution is 2.51. The van der Waals surface area contributed by atoms with Gasteiger partial charge in [0.15, 0.2) is 6.17 Å². The molecule has 8 aromatic rings. The number of amidine groups is 1. The second kappa shape index (κ2) is 13.9. The molecule has 3 aliphatic rings. The predicted molar refractivity (Wildman–Crippen MR) is 248 cm³/mol. The maximum atomic E-state index is 5.50. The van der Waals surface area contributed by atoms with Crippen molar-refractivity contribution < 1.29 is 5.32 Å². The third kappa shape index (κ3) is 5.95. The molecule has 1 heterocycles. The maximum Gasteiger partial charge on any atom is 0.209 e. The minimum absolute atomic E-state index is 0.0444. The summed E-state index contributed by atoms with van der Waals surface area (Å²) >= 11 is 0. The van der Waals surface area contributed by atoms with Crippen LogP contribution in [0.1, 0.15) is 79.0 Å². The number of hydrogen-bond donors (Lipinski definition) is 2. The molecular formula is C57H48N3+. The molecule has 1 aliphatic heterocycles. The van der Waals surface area contributed by atoms with Crippen molar-refractivity contribution in [2.75, 3.05) is 0 Å². The third-order valence-corrected chi connectivity index (χ3v) is 13.5. The van der Waals surface area contributed by atoms with Gasteiger partial charge in [-0.15, -0.1) is 0 Å². The zero-order chi connectivity index (χ0) is 40.6. The van der Waals surface area contributed by atoms with Gasteiger partial charge in [-0.2, -0.15) is 0 Å². The number of nitrogens with zero attached hydrogens (tertiary/aromatic N) is 1. The summed E-state index contributed by atoms with van der Waals surface area (Å²) in [4.78, 5) is 5.50. The number of hydrogen-bond acceptors (Lipinski definition) is 2. The lowest BCUT2D eigenvalue weighted by Crippen LogP contribution is -2.90. The molecule has 0 saturated carbocycles. The van der Waals surface area contributed by atoms with Crippen LogP contribution in [0.25, 0.3) is 55.6 Å². The normalized spacial score (nSPS) is 17.8. The van der Waals surface area contributed by atoms with E-state index in [9.17, 15) is 0 Å². The van der Waals surface area contributed by atoms with Crippen LogP contribution in [0.2, 0.25) is 0 Å². The summed E-state index contributed by atoms with van der Waals surface area (Å²) in [6, 6.07) is 69.4. The van der Waals surface area contributed by atoms with Crippen LogP contribution in [0, 0.1) is 0 Å². The van der Waals surface area contributed by atoms with Crippen molar-refractivity contribution >= 4 is 5.84 Å². The molecule has 290 valence electrons. The van der Waals surface area contributed by atoms with Gasteiger partial charge >= 0.3 is 0 Å². The van der Waals surface area contributed by atoms with E-state index in [2.05, 4.69) is 226 Å². The Balaban J connectivity index is 1.06. The zero-order valence-electron chi connectivity index (χ0n) is 34.6. The molecule has 0 saturated heterocycles. The van der Waals surface area contributed by atoms with E-state index in [0.29, 0.717) is 0 Å². The number of nitrogens with one attached hydrogen (secondary N) is 1. The Morgan fingerprint density at radius 1 is 0.383 bits per heavy atom. The highest BCUT2D eigenvalue weighted by atomic mass is 15.3. The topological polar surface area (TPSA) is 41.0 Å². The second-order valence-electron chi connectivity index (χ2n) is 17.8. The molecule has 3 nitrogen and oxygen atoms in total. The Labute approximate surface area is 353 Å². The molecule has 2 unspecified atom stereocenters. The number of fused-ring (bicyclic) bond motifs is 6. The summed E-state index contributed by atoms with van der Waals surface area (Å²) in [7, 11) is 0. The molecule has 0 radical (unpaired) electrons. The van der Waals surface area contributed by atoms with E-state index in [-0.39, 0.29) is 23.2 Å². The van der Waals surface area contributed by atoms with Crippen molar-refractivity contribution in [2.45, 2.75) is 50.9 Å². The first kappa shape index (κ1) is 36.3. The van der Waals surface area contributed by atoms with Gasteiger partial charge in [0.1, 0.15) is 5.84 Å². The number of aliphatic imine (C=N–C) groups is 1. The number of rotatable bonds is 6. The highest BCUT2D eigenvalue weighted by molar-refractivity contribution is 5.99. The van der Waals surface area contributed by atoms with Gasteiger partial charge in [0, 0.05) is 27.5 Å². The summed E-state index contributed by atoms with van der Waals surface area (Å²) in [5.41, 5.74) is 21.5. The average molecular weight is 775 g/mol. The summed E-state index contributed by atoms with van der Waals surface area (Å²) in [6.07, 6.45) is -0.237. The SMILES string of the molecule is CC1(C)c2ccccc2-c2cc(-c3cc(-c4ccc5c(c4)-c4ccccc4C5(C)C)cc(C4N=C(c5ccccc5)NC(c5ccc(-c6ccccc6)cc5)[NH2+]4)c3)ccc21. The van der Waals surface area contributed by atoms with Crippen molar-refractivity contribution in [1.29, 1.82) is 0 Å². The summed E-state index contributed by atoms with van der Waals surface area (Å²) in [5, 5.41) is 6.21. The summed E-state index contributed by atoms with van der Waals surface area (Å²) in [6.45, 7) is 9.41. The number of quaternary nitrogens is 1. The lowest BCUT2D eigenvalue weighted by molar-refractivity contribution is -0.739. The van der Waals surface area contributed by atoms with Gasteiger partial charge in [-0.1, -0.05) is 185 Å². The molecular weight excluding hydrogens is 727 g/mol. The number of benzene rings is 8. The first-order chi connectivity index (χ1) is 29.2. The van der Waals surface area contributed by atoms with Gasteiger partial charge in [-0.25, -0.2) is 4.99 Å². The molecule has 0 spiro atoms. The quantitative estimate of drug-likeness (QED) is 0.174. The standard InChI is InChI=1S/C57H47N3/c1-56(2)49-21-13-11-19-45(49)47-34-40(27-29-51(47)56)42-31-43(41-28-30-52-48(35-41)46-20-12-14-22-50(46)57(52,3)4)33-44(32-42)55-59-53(38-17-9-6-10-18-38)58-54(60-55)39-25-23-37(24-26-39)36-15-7-5-8-16-36/h5-35,54-55,60H,1-4H3,(H,58,59)/p+1. The predicted octanol–water partition coefficient (Wildman–Crippen LogP) is 12.6. The number of nitrogens with two attached hydrogens (primary N) is 1. The fraction of sp³-hybridized carbons (Fsp3) is 0.140. The second-order valence-corrected chi connectivity index (χ2v) is 17.8. The molecule has 2 atom stereocenters. The van der Waals surface area contributed by atoms with Crippen molar-refractivity contribution in [3.63, 3.8) is 0 Å². The molecule has 0 amide bonds.